The molecule has 112 valence electrons. The van der Waals surface area contributed by atoms with Gasteiger partial charge < -0.3 is 10.5 Å². The van der Waals surface area contributed by atoms with E-state index < -0.39 is 5.91 Å². The van der Waals surface area contributed by atoms with Crippen LogP contribution in [0, 0.1) is 13.8 Å². The Kier molecular flexibility index (Phi) is 3.86. The van der Waals surface area contributed by atoms with Crippen molar-refractivity contribution in [3.63, 3.8) is 0 Å². The molecule has 2 N–H and O–H groups in total. The molecule has 0 aliphatic heterocycles. The minimum Gasteiger partial charge on any atom is -0.430 e. The van der Waals surface area contributed by atoms with Crippen LogP contribution in [-0.4, -0.2) is 21.1 Å². The summed E-state index contributed by atoms with van der Waals surface area (Å²) >= 11 is 2.87. The fourth-order valence-corrected chi connectivity index (χ4v) is 3.14. The number of amides is 1. The van der Waals surface area contributed by atoms with Gasteiger partial charge in [-0.3, -0.25) is 4.79 Å². The summed E-state index contributed by atoms with van der Waals surface area (Å²) in [5.41, 5.74) is 6.54. The van der Waals surface area contributed by atoms with Gasteiger partial charge in [0.2, 0.25) is 5.91 Å². The van der Waals surface area contributed by atoms with Crippen LogP contribution >= 0.6 is 22.7 Å². The lowest BCUT2D eigenvalue weighted by molar-refractivity contribution is 0.1000. The normalized spacial score (nSPS) is 10.6. The van der Waals surface area contributed by atoms with Crippen LogP contribution in [0.2, 0.25) is 0 Å². The smallest absolute Gasteiger partial charge is 0.299 e. The Morgan fingerprint density at radius 1 is 1.18 bits per heavy atom. The van der Waals surface area contributed by atoms with Crippen molar-refractivity contribution in [2.24, 2.45) is 5.73 Å². The number of carbonyl (C=O) groups is 1. The highest BCUT2D eigenvalue weighted by Gasteiger charge is 2.12. The lowest BCUT2D eigenvalue weighted by Crippen LogP contribution is -2.11. The molecule has 0 aliphatic carbocycles. The number of carbonyl (C=O) groups excluding carboxylic acids is 1. The van der Waals surface area contributed by atoms with Gasteiger partial charge in [-0.2, -0.15) is 0 Å². The van der Waals surface area contributed by atoms with E-state index in [1.54, 1.807) is 24.4 Å². The van der Waals surface area contributed by atoms with Crippen LogP contribution in [-0.2, 0) is 0 Å². The van der Waals surface area contributed by atoms with E-state index in [4.69, 9.17) is 10.5 Å². The number of primary amides is 1. The summed E-state index contributed by atoms with van der Waals surface area (Å²) in [5.74, 6) is -0.0382. The maximum atomic E-state index is 11.5. The zero-order valence-electron chi connectivity index (χ0n) is 11.9. The topological polar surface area (TPSA) is 91.0 Å². The second-order valence-electron chi connectivity index (χ2n) is 4.58. The SMILES string of the molecule is Cc1cnc(-c2cc(Oc3nnc(C)s3)cc(C(N)=O)c2)s1. The molecule has 0 atom stereocenters. The maximum absolute atomic E-state index is 11.5. The minimum atomic E-state index is -0.520. The van der Waals surface area contributed by atoms with Crippen molar-refractivity contribution in [2.75, 3.05) is 0 Å². The number of benzene rings is 1. The first-order valence-corrected chi connectivity index (χ1v) is 8.00. The van der Waals surface area contributed by atoms with Gasteiger partial charge in [0.15, 0.2) is 0 Å². The van der Waals surface area contributed by atoms with Gasteiger partial charge in [0, 0.05) is 22.2 Å². The van der Waals surface area contributed by atoms with Crippen molar-refractivity contribution in [2.45, 2.75) is 13.8 Å². The van der Waals surface area contributed by atoms with E-state index in [1.807, 2.05) is 13.8 Å². The van der Waals surface area contributed by atoms with Crippen molar-refractivity contribution in [1.29, 1.82) is 0 Å². The third-order valence-electron chi connectivity index (χ3n) is 2.77. The fraction of sp³-hybridized carbons (Fsp3) is 0.143. The van der Waals surface area contributed by atoms with Gasteiger partial charge in [-0.05, 0) is 32.0 Å². The predicted octanol–water partition coefficient (Wildman–Crippen LogP) is 3.17. The molecule has 8 heteroatoms. The number of aryl methyl sites for hydroxylation is 2. The molecule has 1 amide bonds. The largest absolute Gasteiger partial charge is 0.430 e. The van der Waals surface area contributed by atoms with Gasteiger partial charge in [-0.25, -0.2) is 4.98 Å². The van der Waals surface area contributed by atoms with E-state index in [-0.39, 0.29) is 0 Å². The Hall–Kier alpha value is -2.32. The Balaban J connectivity index is 2.02. The molecule has 6 nitrogen and oxygen atoms in total. The third kappa shape index (κ3) is 3.12. The van der Waals surface area contributed by atoms with Gasteiger partial charge in [-0.15, -0.1) is 16.4 Å². The Bertz CT molecular complexity index is 841. The van der Waals surface area contributed by atoms with Gasteiger partial charge in [0.05, 0.1) is 0 Å². The summed E-state index contributed by atoms with van der Waals surface area (Å²) in [6, 6.07) is 5.10. The van der Waals surface area contributed by atoms with Crippen LogP contribution in [0.3, 0.4) is 0 Å². The molecule has 1 aromatic carbocycles. The summed E-state index contributed by atoms with van der Waals surface area (Å²) in [6.07, 6.45) is 1.78. The summed E-state index contributed by atoms with van der Waals surface area (Å²) in [4.78, 5) is 16.9. The average molecular weight is 332 g/mol. The Labute approximate surface area is 134 Å². The van der Waals surface area contributed by atoms with Crippen molar-refractivity contribution in [3.05, 3.63) is 39.8 Å². The lowest BCUT2D eigenvalue weighted by atomic mass is 10.1. The van der Waals surface area contributed by atoms with Crippen LogP contribution in [0.5, 0.6) is 10.9 Å². The van der Waals surface area contributed by atoms with Crippen molar-refractivity contribution in [1.82, 2.24) is 15.2 Å². The fourth-order valence-electron chi connectivity index (χ4n) is 1.83. The summed E-state index contributed by atoms with van der Waals surface area (Å²) in [5, 5.41) is 9.83. The molecular formula is C14H12N4O2S2. The molecule has 0 unspecified atom stereocenters. The molecule has 2 heterocycles. The minimum absolute atomic E-state index is 0.363. The molecule has 0 radical (unpaired) electrons. The van der Waals surface area contributed by atoms with Crippen LogP contribution in [0.4, 0.5) is 0 Å². The van der Waals surface area contributed by atoms with Gasteiger partial charge >= 0.3 is 0 Å². The summed E-state index contributed by atoms with van der Waals surface area (Å²) in [7, 11) is 0. The van der Waals surface area contributed by atoms with Crippen LogP contribution in [0.15, 0.2) is 24.4 Å². The number of nitrogens with zero attached hydrogens (tertiary/aromatic N) is 3. The van der Waals surface area contributed by atoms with Crippen molar-refractivity contribution in [3.8, 4) is 21.5 Å². The number of nitrogens with two attached hydrogens (primary N) is 1. The number of ether oxygens (including phenoxy) is 1. The van der Waals surface area contributed by atoms with Crippen LogP contribution < -0.4 is 10.5 Å². The number of rotatable bonds is 4. The number of aromatic nitrogens is 3. The third-order valence-corrected chi connectivity index (χ3v) is 4.45. The number of thiazole rings is 1. The first-order valence-electron chi connectivity index (χ1n) is 6.37. The van der Waals surface area contributed by atoms with Gasteiger partial charge in [-0.1, -0.05) is 16.4 Å². The van der Waals surface area contributed by atoms with Crippen molar-refractivity contribution < 1.29 is 9.53 Å². The lowest BCUT2D eigenvalue weighted by Gasteiger charge is -2.06. The highest BCUT2D eigenvalue weighted by molar-refractivity contribution is 7.15. The molecule has 3 aromatic rings. The first kappa shape index (κ1) is 14.6. The van der Waals surface area contributed by atoms with E-state index in [0.29, 0.717) is 16.5 Å². The van der Waals surface area contributed by atoms with E-state index >= 15 is 0 Å². The molecule has 0 fully saturated rings. The second kappa shape index (κ2) is 5.82. The van der Waals surface area contributed by atoms with Gasteiger partial charge in [0.25, 0.3) is 5.19 Å². The molecule has 0 spiro atoms. The molecule has 0 bridgehead atoms. The van der Waals surface area contributed by atoms with E-state index in [1.165, 1.54) is 22.7 Å². The van der Waals surface area contributed by atoms with E-state index in [0.717, 1.165) is 20.5 Å². The Morgan fingerprint density at radius 3 is 2.59 bits per heavy atom. The van der Waals surface area contributed by atoms with Crippen molar-refractivity contribution >= 4 is 28.6 Å². The predicted molar refractivity (Wildman–Crippen MR) is 85.5 cm³/mol. The van der Waals surface area contributed by atoms with E-state index in [2.05, 4.69) is 15.2 Å². The molecule has 0 saturated carbocycles. The number of hydrogen-bond acceptors (Lipinski definition) is 7. The standard InChI is InChI=1S/C14H12N4O2S2/c1-7-6-16-13(21-7)10-3-9(12(15)19)4-11(5-10)20-14-18-17-8(2)22-14/h3-6H,1-2H3,(H2,15,19). The molecular weight excluding hydrogens is 320 g/mol. The summed E-state index contributed by atoms with van der Waals surface area (Å²) < 4.78 is 5.67. The zero-order valence-corrected chi connectivity index (χ0v) is 13.5. The van der Waals surface area contributed by atoms with Crippen LogP contribution in [0.25, 0.3) is 10.6 Å². The van der Waals surface area contributed by atoms with Crippen LogP contribution in [0.1, 0.15) is 20.2 Å². The second-order valence-corrected chi connectivity index (χ2v) is 6.95. The maximum Gasteiger partial charge on any atom is 0.299 e. The summed E-state index contributed by atoms with van der Waals surface area (Å²) in [6.45, 7) is 3.81. The average Bonchev–Trinajstić information content (AvgIpc) is 3.07. The van der Waals surface area contributed by atoms with E-state index in [9.17, 15) is 4.79 Å². The number of hydrogen-bond donors (Lipinski definition) is 1. The monoisotopic (exact) mass is 332 g/mol. The molecule has 0 saturated heterocycles. The first-order chi connectivity index (χ1) is 10.5. The quantitative estimate of drug-likeness (QED) is 0.792. The Morgan fingerprint density at radius 2 is 2.00 bits per heavy atom. The highest BCUT2D eigenvalue weighted by Crippen LogP contribution is 2.32. The zero-order chi connectivity index (χ0) is 15.7. The van der Waals surface area contributed by atoms with Gasteiger partial charge in [0.1, 0.15) is 15.8 Å². The molecule has 3 rings (SSSR count). The molecule has 0 aliphatic rings. The molecule has 22 heavy (non-hydrogen) atoms. The highest BCUT2D eigenvalue weighted by atomic mass is 32.1. The molecule has 2 aromatic heterocycles.